The van der Waals surface area contributed by atoms with Gasteiger partial charge in [-0.3, -0.25) is 9.59 Å². The third-order valence-electron chi connectivity index (χ3n) is 3.89. The normalized spacial score (nSPS) is 17.0. The van der Waals surface area contributed by atoms with Crippen LogP contribution in [0.15, 0.2) is 47.7 Å². The lowest BCUT2D eigenvalue weighted by Crippen LogP contribution is -2.36. The van der Waals surface area contributed by atoms with Gasteiger partial charge in [-0.05, 0) is 44.5 Å². The van der Waals surface area contributed by atoms with E-state index in [9.17, 15) is 9.59 Å². The second-order valence-electron chi connectivity index (χ2n) is 5.82. The predicted octanol–water partition coefficient (Wildman–Crippen LogP) is 2.68. The molecular weight excluding hydrogens is 304 g/mol. The van der Waals surface area contributed by atoms with Crippen molar-refractivity contribution in [2.75, 3.05) is 10.3 Å². The molecule has 1 aromatic heterocycles. The average molecular weight is 322 g/mol. The molecule has 6 heteroatoms. The molecule has 1 unspecified atom stereocenters. The fraction of sp³-hybridized carbons (Fsp3) is 0.222. The van der Waals surface area contributed by atoms with E-state index in [-0.39, 0.29) is 5.91 Å². The molecule has 0 saturated heterocycles. The van der Waals surface area contributed by atoms with E-state index in [2.05, 4.69) is 15.4 Å². The Morgan fingerprint density at radius 1 is 1.17 bits per heavy atom. The van der Waals surface area contributed by atoms with Crippen molar-refractivity contribution in [3.05, 3.63) is 53.7 Å². The number of nitrogens with zero attached hydrogens (tertiary/aromatic N) is 3. The van der Waals surface area contributed by atoms with Gasteiger partial charge in [-0.15, -0.1) is 0 Å². The number of rotatable bonds is 3. The van der Waals surface area contributed by atoms with Gasteiger partial charge in [-0.25, -0.2) is 4.98 Å². The molecule has 6 nitrogen and oxygen atoms in total. The van der Waals surface area contributed by atoms with E-state index in [0.717, 1.165) is 11.1 Å². The van der Waals surface area contributed by atoms with Crippen LogP contribution in [0.4, 0.5) is 11.5 Å². The molecule has 0 radical (unpaired) electrons. The smallest absolute Gasteiger partial charge is 0.265 e. The zero-order chi connectivity index (χ0) is 17.3. The SMILES string of the molecule is CC1=NN(c2ccc(C)cc2C)C(=O)C1C(=O)Nc1ccccn1. The van der Waals surface area contributed by atoms with Crippen LogP contribution < -0.4 is 10.3 Å². The monoisotopic (exact) mass is 322 g/mol. The van der Waals surface area contributed by atoms with Gasteiger partial charge in [-0.2, -0.15) is 10.1 Å². The van der Waals surface area contributed by atoms with E-state index in [4.69, 9.17) is 0 Å². The molecule has 2 amide bonds. The molecule has 3 rings (SSSR count). The van der Waals surface area contributed by atoms with E-state index in [1.807, 2.05) is 32.0 Å². The van der Waals surface area contributed by atoms with E-state index in [1.165, 1.54) is 5.01 Å². The van der Waals surface area contributed by atoms with Gasteiger partial charge in [0, 0.05) is 6.20 Å². The number of benzene rings is 1. The molecule has 24 heavy (non-hydrogen) atoms. The zero-order valence-corrected chi connectivity index (χ0v) is 13.8. The van der Waals surface area contributed by atoms with Crippen molar-refractivity contribution in [1.82, 2.24) is 4.98 Å². The summed E-state index contributed by atoms with van der Waals surface area (Å²) in [6.07, 6.45) is 1.58. The van der Waals surface area contributed by atoms with Crippen LogP contribution in [-0.4, -0.2) is 22.5 Å². The summed E-state index contributed by atoms with van der Waals surface area (Å²) in [5.41, 5.74) is 3.20. The molecule has 2 aromatic rings. The molecule has 0 saturated carbocycles. The molecular formula is C18H18N4O2. The van der Waals surface area contributed by atoms with Crippen molar-refractivity contribution in [1.29, 1.82) is 0 Å². The maximum Gasteiger partial charge on any atom is 0.265 e. The Morgan fingerprint density at radius 2 is 1.96 bits per heavy atom. The lowest BCUT2D eigenvalue weighted by atomic mass is 10.0. The van der Waals surface area contributed by atoms with Crippen LogP contribution in [-0.2, 0) is 9.59 Å². The Labute approximate surface area is 140 Å². The highest BCUT2D eigenvalue weighted by atomic mass is 16.2. The highest BCUT2D eigenvalue weighted by Gasteiger charge is 2.40. The molecule has 0 spiro atoms. The van der Waals surface area contributed by atoms with E-state index in [0.29, 0.717) is 17.2 Å². The largest absolute Gasteiger partial charge is 0.310 e. The quantitative estimate of drug-likeness (QED) is 0.883. The maximum atomic E-state index is 12.7. The van der Waals surface area contributed by atoms with E-state index in [1.54, 1.807) is 31.3 Å². The Hall–Kier alpha value is -3.02. The number of pyridine rings is 1. The molecule has 1 aromatic carbocycles. The summed E-state index contributed by atoms with van der Waals surface area (Å²) in [6, 6.07) is 10.9. The molecule has 0 aliphatic carbocycles. The summed E-state index contributed by atoms with van der Waals surface area (Å²) in [6.45, 7) is 5.59. The van der Waals surface area contributed by atoms with Crippen LogP contribution in [0.3, 0.4) is 0 Å². The Kier molecular flexibility index (Phi) is 4.12. The van der Waals surface area contributed by atoms with E-state index < -0.39 is 11.8 Å². The molecule has 1 aliphatic rings. The predicted molar refractivity (Wildman–Crippen MR) is 92.9 cm³/mol. The van der Waals surface area contributed by atoms with Crippen molar-refractivity contribution >= 4 is 29.0 Å². The number of hydrogen-bond acceptors (Lipinski definition) is 4. The summed E-state index contributed by atoms with van der Waals surface area (Å²) in [5, 5.41) is 8.27. The second kappa shape index (κ2) is 6.23. The van der Waals surface area contributed by atoms with Crippen LogP contribution >= 0.6 is 0 Å². The first kappa shape index (κ1) is 15.9. The van der Waals surface area contributed by atoms with Gasteiger partial charge in [-0.1, -0.05) is 23.8 Å². The fourth-order valence-corrected chi connectivity index (χ4v) is 2.72. The summed E-state index contributed by atoms with van der Waals surface area (Å²) < 4.78 is 0. The molecule has 2 heterocycles. The number of anilines is 2. The van der Waals surface area contributed by atoms with Gasteiger partial charge in [0.1, 0.15) is 5.82 Å². The van der Waals surface area contributed by atoms with Crippen molar-refractivity contribution in [2.45, 2.75) is 20.8 Å². The standard InChI is InChI=1S/C18H18N4O2/c1-11-7-8-14(12(2)10-11)22-18(24)16(13(3)21-22)17(23)20-15-6-4-5-9-19-15/h4-10,16H,1-3H3,(H,19,20,23). The van der Waals surface area contributed by atoms with Gasteiger partial charge < -0.3 is 5.32 Å². The topological polar surface area (TPSA) is 74.7 Å². The third-order valence-corrected chi connectivity index (χ3v) is 3.89. The second-order valence-corrected chi connectivity index (χ2v) is 5.82. The highest BCUT2D eigenvalue weighted by molar-refractivity contribution is 6.28. The van der Waals surface area contributed by atoms with Gasteiger partial charge in [0.25, 0.3) is 5.91 Å². The number of carbonyl (C=O) groups excluding carboxylic acids is 2. The molecule has 1 N–H and O–H groups in total. The minimum Gasteiger partial charge on any atom is -0.310 e. The van der Waals surface area contributed by atoms with Crippen molar-refractivity contribution in [2.24, 2.45) is 11.0 Å². The maximum absolute atomic E-state index is 12.7. The van der Waals surface area contributed by atoms with Gasteiger partial charge in [0.2, 0.25) is 5.91 Å². The highest BCUT2D eigenvalue weighted by Crippen LogP contribution is 2.28. The van der Waals surface area contributed by atoms with Gasteiger partial charge in [0.15, 0.2) is 5.92 Å². The number of hydrazone groups is 1. The Balaban J connectivity index is 1.84. The van der Waals surface area contributed by atoms with Crippen molar-refractivity contribution in [3.8, 4) is 0 Å². The van der Waals surface area contributed by atoms with Crippen LogP contribution in [0.5, 0.6) is 0 Å². The molecule has 0 bridgehead atoms. The Morgan fingerprint density at radius 3 is 2.62 bits per heavy atom. The van der Waals surface area contributed by atoms with E-state index >= 15 is 0 Å². The van der Waals surface area contributed by atoms with Crippen LogP contribution in [0.2, 0.25) is 0 Å². The first-order valence-corrected chi connectivity index (χ1v) is 7.65. The number of carbonyl (C=O) groups is 2. The number of aryl methyl sites for hydroxylation is 2. The lowest BCUT2D eigenvalue weighted by molar-refractivity contribution is -0.127. The molecule has 122 valence electrons. The molecule has 1 aliphatic heterocycles. The minimum atomic E-state index is -0.937. The molecule has 0 fully saturated rings. The Bertz CT molecular complexity index is 830. The first-order valence-electron chi connectivity index (χ1n) is 7.65. The number of hydrogen-bond donors (Lipinski definition) is 1. The van der Waals surface area contributed by atoms with Gasteiger partial charge in [0.05, 0.1) is 11.4 Å². The summed E-state index contributed by atoms with van der Waals surface area (Å²) in [7, 11) is 0. The van der Waals surface area contributed by atoms with Crippen molar-refractivity contribution in [3.63, 3.8) is 0 Å². The fourth-order valence-electron chi connectivity index (χ4n) is 2.72. The average Bonchev–Trinajstić information content (AvgIpc) is 2.83. The lowest BCUT2D eigenvalue weighted by Gasteiger charge is -2.16. The molecule has 1 atom stereocenters. The third kappa shape index (κ3) is 2.90. The van der Waals surface area contributed by atoms with Crippen LogP contribution in [0.1, 0.15) is 18.1 Å². The van der Waals surface area contributed by atoms with Crippen molar-refractivity contribution < 1.29 is 9.59 Å². The summed E-state index contributed by atoms with van der Waals surface area (Å²) in [5.74, 6) is -1.30. The minimum absolute atomic E-state index is 0.354. The van der Waals surface area contributed by atoms with Crippen LogP contribution in [0, 0.1) is 19.8 Å². The summed E-state index contributed by atoms with van der Waals surface area (Å²) >= 11 is 0. The zero-order valence-electron chi connectivity index (χ0n) is 13.8. The van der Waals surface area contributed by atoms with Gasteiger partial charge >= 0.3 is 0 Å². The number of nitrogens with one attached hydrogen (secondary N) is 1. The summed E-state index contributed by atoms with van der Waals surface area (Å²) in [4.78, 5) is 29.2. The van der Waals surface area contributed by atoms with Crippen LogP contribution in [0.25, 0.3) is 0 Å². The number of amides is 2. The first-order chi connectivity index (χ1) is 11.5. The number of aromatic nitrogens is 1.